The van der Waals surface area contributed by atoms with Crippen LogP contribution in [0.4, 0.5) is 4.79 Å². The molecule has 0 aliphatic carbocycles. The SMILES string of the molecule is Cc1ccc(C(=O)COC(=O)[C@@H]2CCCN2C(=O)OC(C)(C)C)cc1. The van der Waals surface area contributed by atoms with E-state index in [1.165, 1.54) is 4.90 Å². The molecule has 1 aliphatic rings. The summed E-state index contributed by atoms with van der Waals surface area (Å²) in [4.78, 5) is 38.0. The lowest BCUT2D eigenvalue weighted by Gasteiger charge is -2.27. The maximum atomic E-state index is 12.3. The second kappa shape index (κ2) is 7.68. The number of benzene rings is 1. The maximum absolute atomic E-state index is 12.3. The van der Waals surface area contributed by atoms with Gasteiger partial charge in [-0.1, -0.05) is 29.8 Å². The first-order valence-electron chi connectivity index (χ1n) is 8.43. The number of aryl methyl sites for hydroxylation is 1. The Kier molecular flexibility index (Phi) is 5.82. The Labute approximate surface area is 148 Å². The van der Waals surface area contributed by atoms with Crippen LogP contribution in [0.25, 0.3) is 0 Å². The maximum Gasteiger partial charge on any atom is 0.411 e. The molecule has 0 saturated carbocycles. The third-order valence-corrected chi connectivity index (χ3v) is 3.87. The highest BCUT2D eigenvalue weighted by atomic mass is 16.6. The van der Waals surface area contributed by atoms with Crippen LogP contribution in [0.2, 0.25) is 0 Å². The third-order valence-electron chi connectivity index (χ3n) is 3.87. The van der Waals surface area contributed by atoms with Crippen LogP contribution in [0.3, 0.4) is 0 Å². The van der Waals surface area contributed by atoms with Crippen LogP contribution in [0, 0.1) is 6.92 Å². The third kappa shape index (κ3) is 5.31. The minimum atomic E-state index is -0.694. The largest absolute Gasteiger partial charge is 0.456 e. The average molecular weight is 347 g/mol. The highest BCUT2D eigenvalue weighted by molar-refractivity contribution is 5.98. The van der Waals surface area contributed by atoms with Gasteiger partial charge in [0.1, 0.15) is 11.6 Å². The summed E-state index contributed by atoms with van der Waals surface area (Å²) in [6.45, 7) is 7.36. The number of ether oxygens (including phenoxy) is 2. The number of Topliss-reactive ketones (excluding diaryl/α,β-unsaturated/α-hetero) is 1. The lowest BCUT2D eigenvalue weighted by Crippen LogP contribution is -2.44. The highest BCUT2D eigenvalue weighted by Crippen LogP contribution is 2.22. The molecule has 0 N–H and O–H groups in total. The summed E-state index contributed by atoms with van der Waals surface area (Å²) in [5.41, 5.74) is 0.913. The number of hydrogen-bond donors (Lipinski definition) is 0. The summed E-state index contributed by atoms with van der Waals surface area (Å²) in [5, 5.41) is 0. The Morgan fingerprint density at radius 1 is 1.16 bits per heavy atom. The minimum Gasteiger partial charge on any atom is -0.456 e. The molecule has 0 unspecified atom stereocenters. The van der Waals surface area contributed by atoms with Gasteiger partial charge in [0.2, 0.25) is 0 Å². The molecule has 1 fully saturated rings. The number of ketones is 1. The van der Waals surface area contributed by atoms with Gasteiger partial charge in [-0.2, -0.15) is 0 Å². The van der Waals surface area contributed by atoms with E-state index in [1.807, 2.05) is 19.1 Å². The van der Waals surface area contributed by atoms with Crippen molar-refractivity contribution in [3.8, 4) is 0 Å². The summed E-state index contributed by atoms with van der Waals surface area (Å²) in [5.74, 6) is -0.834. The van der Waals surface area contributed by atoms with Crippen molar-refractivity contribution >= 4 is 17.8 Å². The van der Waals surface area contributed by atoms with Gasteiger partial charge in [-0.15, -0.1) is 0 Å². The number of nitrogens with zero attached hydrogens (tertiary/aromatic N) is 1. The van der Waals surface area contributed by atoms with E-state index in [-0.39, 0.29) is 12.4 Å². The normalized spacial score (nSPS) is 17.3. The van der Waals surface area contributed by atoms with Gasteiger partial charge in [0.25, 0.3) is 0 Å². The van der Waals surface area contributed by atoms with E-state index >= 15 is 0 Å². The van der Waals surface area contributed by atoms with Crippen molar-refractivity contribution in [3.63, 3.8) is 0 Å². The van der Waals surface area contributed by atoms with E-state index in [1.54, 1.807) is 32.9 Å². The second-order valence-corrected chi connectivity index (χ2v) is 7.23. The van der Waals surface area contributed by atoms with Gasteiger partial charge in [-0.05, 0) is 40.5 Å². The quantitative estimate of drug-likeness (QED) is 0.618. The molecule has 25 heavy (non-hydrogen) atoms. The van der Waals surface area contributed by atoms with Gasteiger partial charge in [0, 0.05) is 12.1 Å². The zero-order valence-corrected chi connectivity index (χ0v) is 15.2. The molecule has 1 saturated heterocycles. The van der Waals surface area contributed by atoms with Gasteiger partial charge in [0.05, 0.1) is 0 Å². The predicted octanol–water partition coefficient (Wildman–Crippen LogP) is 3.12. The highest BCUT2D eigenvalue weighted by Gasteiger charge is 2.37. The molecule has 6 heteroatoms. The molecule has 1 aromatic rings. The lowest BCUT2D eigenvalue weighted by atomic mass is 10.1. The number of esters is 1. The zero-order chi connectivity index (χ0) is 18.6. The molecular formula is C19H25NO5. The molecule has 2 rings (SSSR count). The average Bonchev–Trinajstić information content (AvgIpc) is 3.01. The molecule has 1 aromatic carbocycles. The molecule has 0 aromatic heterocycles. The van der Waals surface area contributed by atoms with Crippen LogP contribution in [0.15, 0.2) is 24.3 Å². The van der Waals surface area contributed by atoms with Crippen LogP contribution < -0.4 is 0 Å². The predicted molar refractivity (Wildman–Crippen MR) is 92.4 cm³/mol. The molecular weight excluding hydrogens is 322 g/mol. The fourth-order valence-corrected chi connectivity index (χ4v) is 2.61. The number of likely N-dealkylation sites (tertiary alicyclic amines) is 1. The van der Waals surface area contributed by atoms with Gasteiger partial charge in [-0.3, -0.25) is 9.69 Å². The number of amides is 1. The molecule has 0 bridgehead atoms. The van der Waals surface area contributed by atoms with Crippen LogP contribution in [-0.4, -0.2) is 47.5 Å². The van der Waals surface area contributed by atoms with Gasteiger partial charge < -0.3 is 9.47 Å². The van der Waals surface area contributed by atoms with E-state index in [0.29, 0.717) is 24.9 Å². The van der Waals surface area contributed by atoms with E-state index in [4.69, 9.17) is 9.47 Å². The Balaban J connectivity index is 1.92. The van der Waals surface area contributed by atoms with Crippen LogP contribution in [0.5, 0.6) is 0 Å². The number of rotatable bonds is 4. The molecule has 0 spiro atoms. The summed E-state index contributed by atoms with van der Waals surface area (Å²) in [7, 11) is 0. The lowest BCUT2D eigenvalue weighted by molar-refractivity contribution is -0.147. The van der Waals surface area contributed by atoms with Crippen LogP contribution >= 0.6 is 0 Å². The van der Waals surface area contributed by atoms with Crippen molar-refractivity contribution in [3.05, 3.63) is 35.4 Å². The summed E-state index contributed by atoms with van der Waals surface area (Å²) in [6.07, 6.45) is 0.679. The van der Waals surface area contributed by atoms with Gasteiger partial charge in [0.15, 0.2) is 12.4 Å². The molecule has 0 radical (unpaired) electrons. The van der Waals surface area contributed by atoms with Crippen molar-refractivity contribution < 1.29 is 23.9 Å². The van der Waals surface area contributed by atoms with Crippen LogP contribution in [-0.2, 0) is 14.3 Å². The smallest absolute Gasteiger partial charge is 0.411 e. The molecule has 6 nitrogen and oxygen atoms in total. The van der Waals surface area contributed by atoms with Crippen LogP contribution in [0.1, 0.15) is 49.5 Å². The van der Waals surface area contributed by atoms with E-state index in [0.717, 1.165) is 5.56 Å². The van der Waals surface area contributed by atoms with Gasteiger partial charge >= 0.3 is 12.1 Å². The van der Waals surface area contributed by atoms with E-state index in [2.05, 4.69) is 0 Å². The van der Waals surface area contributed by atoms with E-state index < -0.39 is 23.7 Å². The Hall–Kier alpha value is -2.37. The molecule has 136 valence electrons. The van der Waals surface area contributed by atoms with Crippen molar-refractivity contribution in [1.29, 1.82) is 0 Å². The van der Waals surface area contributed by atoms with Crippen molar-refractivity contribution in [2.24, 2.45) is 0 Å². The number of hydrogen-bond acceptors (Lipinski definition) is 5. The summed E-state index contributed by atoms with van der Waals surface area (Å²) >= 11 is 0. The minimum absolute atomic E-state index is 0.268. The first-order chi connectivity index (χ1) is 11.7. The Morgan fingerprint density at radius 3 is 2.40 bits per heavy atom. The second-order valence-electron chi connectivity index (χ2n) is 7.23. The van der Waals surface area contributed by atoms with Crippen molar-refractivity contribution in [1.82, 2.24) is 4.90 Å². The van der Waals surface area contributed by atoms with Gasteiger partial charge in [-0.25, -0.2) is 9.59 Å². The standard InChI is InChI=1S/C19H25NO5/c1-13-7-9-14(10-8-13)16(21)12-24-17(22)15-6-5-11-20(15)18(23)25-19(2,3)4/h7-10,15H,5-6,11-12H2,1-4H3/t15-/m0/s1. The Morgan fingerprint density at radius 2 is 1.80 bits per heavy atom. The number of carbonyl (C=O) groups excluding carboxylic acids is 3. The summed E-state index contributed by atoms with van der Waals surface area (Å²) in [6, 6.07) is 6.37. The first kappa shape index (κ1) is 19.0. The first-order valence-corrected chi connectivity index (χ1v) is 8.43. The van der Waals surface area contributed by atoms with E-state index in [9.17, 15) is 14.4 Å². The monoisotopic (exact) mass is 347 g/mol. The molecule has 1 atom stereocenters. The fraction of sp³-hybridized carbons (Fsp3) is 0.526. The molecule has 1 heterocycles. The summed E-state index contributed by atoms with van der Waals surface area (Å²) < 4.78 is 10.5. The fourth-order valence-electron chi connectivity index (χ4n) is 2.61. The van der Waals surface area contributed by atoms with Crippen molar-refractivity contribution in [2.45, 2.75) is 52.2 Å². The Bertz CT molecular complexity index is 645. The molecule has 1 aliphatic heterocycles. The van der Waals surface area contributed by atoms with Crippen molar-refractivity contribution in [2.75, 3.05) is 13.2 Å². The topological polar surface area (TPSA) is 72.9 Å². The molecule has 1 amide bonds. The number of carbonyl (C=O) groups is 3. The zero-order valence-electron chi connectivity index (χ0n) is 15.2.